The van der Waals surface area contributed by atoms with Gasteiger partial charge in [0.2, 0.25) is 0 Å². The van der Waals surface area contributed by atoms with Gasteiger partial charge in [0.25, 0.3) is 0 Å². The largest absolute Gasteiger partial charge is 0.394 e. The number of hydrogen-bond acceptors (Lipinski definition) is 6. The van der Waals surface area contributed by atoms with E-state index in [1.54, 1.807) is 0 Å². The SMILES string of the molecule is NC(=O)N[C@@H]1[C@@H](O)[C@H](O)[C@@H](CO)O[C@H]1O. The Kier molecular flexibility index (Phi) is 3.83. The van der Waals surface area contributed by atoms with Gasteiger partial charge in [-0.15, -0.1) is 0 Å². The molecule has 0 aliphatic carbocycles. The molecule has 15 heavy (non-hydrogen) atoms. The van der Waals surface area contributed by atoms with Crippen LogP contribution in [0.4, 0.5) is 4.79 Å². The van der Waals surface area contributed by atoms with Gasteiger partial charge in [-0.25, -0.2) is 4.79 Å². The Bertz CT molecular complexity index is 238. The summed E-state index contributed by atoms with van der Waals surface area (Å²) < 4.78 is 4.76. The van der Waals surface area contributed by atoms with E-state index in [1.807, 2.05) is 5.32 Å². The van der Waals surface area contributed by atoms with Crippen LogP contribution >= 0.6 is 0 Å². The van der Waals surface area contributed by atoms with Crippen LogP contribution in [-0.2, 0) is 4.74 Å². The first kappa shape index (κ1) is 12.1. The van der Waals surface area contributed by atoms with Gasteiger partial charge in [0.05, 0.1) is 6.61 Å². The molecule has 0 unspecified atom stereocenters. The topological polar surface area (TPSA) is 145 Å². The highest BCUT2D eigenvalue weighted by atomic mass is 16.6. The zero-order valence-electron chi connectivity index (χ0n) is 7.78. The Morgan fingerprint density at radius 3 is 2.40 bits per heavy atom. The smallest absolute Gasteiger partial charge is 0.312 e. The van der Waals surface area contributed by atoms with Crippen molar-refractivity contribution in [1.82, 2.24) is 5.32 Å². The molecule has 8 heteroatoms. The number of amides is 2. The maximum absolute atomic E-state index is 10.5. The monoisotopic (exact) mass is 222 g/mol. The van der Waals surface area contributed by atoms with E-state index in [2.05, 4.69) is 0 Å². The van der Waals surface area contributed by atoms with Crippen LogP contribution < -0.4 is 11.1 Å². The van der Waals surface area contributed by atoms with E-state index in [0.29, 0.717) is 0 Å². The molecule has 0 radical (unpaired) electrons. The number of carbonyl (C=O) groups excluding carboxylic acids is 1. The molecule has 1 heterocycles. The third-order valence-corrected chi connectivity index (χ3v) is 2.21. The van der Waals surface area contributed by atoms with E-state index >= 15 is 0 Å². The molecule has 1 aliphatic heterocycles. The Hall–Kier alpha value is -0.930. The molecular weight excluding hydrogens is 208 g/mol. The molecule has 0 saturated carbocycles. The van der Waals surface area contributed by atoms with Crippen molar-refractivity contribution in [2.45, 2.75) is 30.6 Å². The maximum Gasteiger partial charge on any atom is 0.312 e. The Morgan fingerprint density at radius 2 is 1.93 bits per heavy atom. The van der Waals surface area contributed by atoms with Crippen LogP contribution in [0.25, 0.3) is 0 Å². The van der Waals surface area contributed by atoms with Gasteiger partial charge < -0.3 is 36.2 Å². The van der Waals surface area contributed by atoms with Crippen molar-refractivity contribution in [2.75, 3.05) is 6.61 Å². The molecule has 0 aromatic carbocycles. The average Bonchev–Trinajstić information content (AvgIpc) is 2.18. The number of ether oxygens (including phenoxy) is 1. The minimum Gasteiger partial charge on any atom is -0.394 e. The molecule has 1 saturated heterocycles. The fraction of sp³-hybridized carbons (Fsp3) is 0.857. The van der Waals surface area contributed by atoms with Crippen molar-refractivity contribution in [3.8, 4) is 0 Å². The van der Waals surface area contributed by atoms with Gasteiger partial charge in [-0.1, -0.05) is 0 Å². The van der Waals surface area contributed by atoms with Crippen molar-refractivity contribution < 1.29 is 30.0 Å². The lowest BCUT2D eigenvalue weighted by atomic mass is 9.97. The molecule has 88 valence electrons. The number of nitrogens with one attached hydrogen (secondary N) is 1. The summed E-state index contributed by atoms with van der Waals surface area (Å²) in [5.74, 6) is 0. The van der Waals surface area contributed by atoms with E-state index in [-0.39, 0.29) is 0 Å². The molecular formula is C7H14N2O6. The first-order chi connectivity index (χ1) is 6.97. The fourth-order valence-electron chi connectivity index (χ4n) is 1.42. The van der Waals surface area contributed by atoms with Gasteiger partial charge >= 0.3 is 6.03 Å². The van der Waals surface area contributed by atoms with Crippen LogP contribution in [0.5, 0.6) is 0 Å². The molecule has 7 N–H and O–H groups in total. The molecule has 8 nitrogen and oxygen atoms in total. The standard InChI is InChI=1S/C7H14N2O6/c8-7(14)9-3-5(12)4(11)2(1-10)15-6(3)13/h2-6,10-13H,1H2,(H3,8,9,14)/t2-,3-,4-,5-,6-/m1/s1. The summed E-state index contributed by atoms with van der Waals surface area (Å²) in [5, 5.41) is 39.0. The molecule has 1 rings (SSSR count). The van der Waals surface area contributed by atoms with E-state index in [0.717, 1.165) is 0 Å². The third kappa shape index (κ3) is 2.55. The maximum atomic E-state index is 10.5. The number of primary amides is 1. The number of nitrogens with two attached hydrogens (primary N) is 1. The third-order valence-electron chi connectivity index (χ3n) is 2.21. The summed E-state index contributed by atoms with van der Waals surface area (Å²) in [7, 11) is 0. The molecule has 0 aromatic heterocycles. The lowest BCUT2D eigenvalue weighted by molar-refractivity contribution is -0.252. The van der Waals surface area contributed by atoms with Gasteiger partial charge in [0.1, 0.15) is 24.4 Å². The minimum atomic E-state index is -1.53. The number of rotatable bonds is 2. The van der Waals surface area contributed by atoms with E-state index < -0.39 is 43.3 Å². The second-order valence-electron chi connectivity index (χ2n) is 3.26. The highest BCUT2D eigenvalue weighted by Crippen LogP contribution is 2.19. The molecule has 1 fully saturated rings. The van der Waals surface area contributed by atoms with Crippen molar-refractivity contribution >= 4 is 6.03 Å². The van der Waals surface area contributed by atoms with Crippen molar-refractivity contribution in [2.24, 2.45) is 5.73 Å². The number of hydrogen-bond donors (Lipinski definition) is 6. The predicted molar refractivity (Wildman–Crippen MR) is 46.5 cm³/mol. The van der Waals surface area contributed by atoms with Crippen molar-refractivity contribution in [3.63, 3.8) is 0 Å². The molecule has 0 aromatic rings. The zero-order valence-corrected chi connectivity index (χ0v) is 7.78. The van der Waals surface area contributed by atoms with Crippen LogP contribution in [-0.4, -0.2) is 63.7 Å². The van der Waals surface area contributed by atoms with Crippen LogP contribution in [0.3, 0.4) is 0 Å². The normalized spacial score (nSPS) is 41.2. The number of urea groups is 1. The quantitative estimate of drug-likeness (QED) is 0.285. The van der Waals surface area contributed by atoms with Crippen LogP contribution in [0, 0.1) is 0 Å². The average molecular weight is 222 g/mol. The summed E-state index contributed by atoms with van der Waals surface area (Å²) in [6.07, 6.45) is -5.50. The summed E-state index contributed by atoms with van der Waals surface area (Å²) >= 11 is 0. The lowest BCUT2D eigenvalue weighted by Gasteiger charge is -2.39. The highest BCUT2D eigenvalue weighted by Gasteiger charge is 2.44. The van der Waals surface area contributed by atoms with Gasteiger partial charge in [-0.05, 0) is 0 Å². The summed E-state index contributed by atoms with van der Waals surface area (Å²) in [6.45, 7) is -0.557. The van der Waals surface area contributed by atoms with Gasteiger partial charge in [0.15, 0.2) is 6.29 Å². The number of aliphatic hydroxyl groups is 4. The fourth-order valence-corrected chi connectivity index (χ4v) is 1.42. The first-order valence-corrected chi connectivity index (χ1v) is 4.34. The molecule has 0 bridgehead atoms. The number of carbonyl (C=O) groups is 1. The Balaban J connectivity index is 2.70. The summed E-state index contributed by atoms with van der Waals surface area (Å²) in [4.78, 5) is 10.5. The van der Waals surface area contributed by atoms with Gasteiger partial charge in [-0.3, -0.25) is 0 Å². The van der Waals surface area contributed by atoms with Gasteiger partial charge in [0, 0.05) is 0 Å². The minimum absolute atomic E-state index is 0.557. The van der Waals surface area contributed by atoms with E-state index in [4.69, 9.17) is 15.6 Å². The molecule has 5 atom stereocenters. The van der Waals surface area contributed by atoms with Crippen LogP contribution in [0.1, 0.15) is 0 Å². The molecule has 0 spiro atoms. The van der Waals surface area contributed by atoms with E-state index in [1.165, 1.54) is 0 Å². The summed E-state index contributed by atoms with van der Waals surface area (Å²) in [6, 6.07) is -2.18. The Labute approximate surface area is 85.3 Å². The van der Waals surface area contributed by atoms with E-state index in [9.17, 15) is 20.1 Å². The second kappa shape index (κ2) is 4.73. The predicted octanol–water partition coefficient (Wildman–Crippen LogP) is -3.55. The van der Waals surface area contributed by atoms with Crippen molar-refractivity contribution in [3.05, 3.63) is 0 Å². The van der Waals surface area contributed by atoms with Gasteiger partial charge in [-0.2, -0.15) is 0 Å². The first-order valence-electron chi connectivity index (χ1n) is 4.34. The summed E-state index contributed by atoms with van der Waals surface area (Å²) in [5.41, 5.74) is 4.80. The van der Waals surface area contributed by atoms with Crippen molar-refractivity contribution in [1.29, 1.82) is 0 Å². The molecule has 2 amide bonds. The zero-order chi connectivity index (χ0) is 11.6. The second-order valence-corrected chi connectivity index (χ2v) is 3.26. The van der Waals surface area contributed by atoms with Crippen LogP contribution in [0.15, 0.2) is 0 Å². The number of aliphatic hydroxyl groups excluding tert-OH is 4. The molecule has 1 aliphatic rings. The van der Waals surface area contributed by atoms with Crippen LogP contribution in [0.2, 0.25) is 0 Å². The Morgan fingerprint density at radius 1 is 1.33 bits per heavy atom. The lowest BCUT2D eigenvalue weighted by Crippen LogP contribution is -2.64. The highest BCUT2D eigenvalue weighted by molar-refractivity contribution is 5.72.